The summed E-state index contributed by atoms with van der Waals surface area (Å²) in [7, 11) is 0. The lowest BCUT2D eigenvalue weighted by molar-refractivity contribution is 0.0950. The molecule has 0 saturated carbocycles. The van der Waals surface area contributed by atoms with E-state index < -0.39 is 0 Å². The number of H-pyrrole nitrogens is 1. The van der Waals surface area contributed by atoms with Gasteiger partial charge in [0.15, 0.2) is 0 Å². The summed E-state index contributed by atoms with van der Waals surface area (Å²) in [5, 5.41) is 11.0. The van der Waals surface area contributed by atoms with Crippen molar-refractivity contribution in [3.05, 3.63) is 102 Å². The third-order valence-electron chi connectivity index (χ3n) is 4.57. The van der Waals surface area contributed by atoms with Crippen LogP contribution in [0.1, 0.15) is 21.6 Å². The Morgan fingerprint density at radius 2 is 1.55 bits per heavy atom. The maximum absolute atomic E-state index is 12.3. The van der Waals surface area contributed by atoms with Gasteiger partial charge in [0, 0.05) is 5.56 Å². The lowest BCUT2D eigenvalue weighted by Crippen LogP contribution is -2.17. The molecule has 3 aromatic carbocycles. The second-order valence-electron chi connectivity index (χ2n) is 6.72. The van der Waals surface area contributed by atoms with Crippen LogP contribution in [0, 0.1) is 6.92 Å². The summed E-state index contributed by atoms with van der Waals surface area (Å²) in [6.07, 6.45) is 1.61. The summed E-state index contributed by atoms with van der Waals surface area (Å²) in [5.41, 5.74) is 8.89. The van der Waals surface area contributed by atoms with Crippen LogP contribution < -0.4 is 5.43 Å². The molecule has 0 radical (unpaired) electrons. The van der Waals surface area contributed by atoms with Crippen molar-refractivity contribution < 1.29 is 4.79 Å². The number of amides is 1. The van der Waals surface area contributed by atoms with Gasteiger partial charge in [0.2, 0.25) is 0 Å². The van der Waals surface area contributed by atoms with Crippen molar-refractivity contribution in [3.8, 4) is 22.4 Å². The molecule has 2 N–H and O–H groups in total. The lowest BCUT2D eigenvalue weighted by atomic mass is 10.0. The van der Waals surface area contributed by atoms with Crippen LogP contribution in [-0.4, -0.2) is 22.3 Å². The lowest BCUT2D eigenvalue weighted by Gasteiger charge is -2.02. The van der Waals surface area contributed by atoms with Gasteiger partial charge < -0.3 is 0 Å². The number of aromatic amines is 1. The van der Waals surface area contributed by atoms with E-state index in [0.29, 0.717) is 11.4 Å². The molecule has 0 bridgehead atoms. The molecule has 1 aromatic heterocycles. The molecule has 0 atom stereocenters. The molecule has 5 heteroatoms. The molecule has 0 fully saturated rings. The summed E-state index contributed by atoms with van der Waals surface area (Å²) in [6, 6.07) is 27.9. The van der Waals surface area contributed by atoms with E-state index in [9.17, 15) is 4.79 Å². The van der Waals surface area contributed by atoms with Gasteiger partial charge in [0.1, 0.15) is 5.69 Å². The number of nitrogens with one attached hydrogen (secondary N) is 2. The van der Waals surface area contributed by atoms with Crippen LogP contribution >= 0.6 is 0 Å². The number of carbonyl (C=O) groups excluding carboxylic acids is 1. The van der Waals surface area contributed by atoms with Crippen molar-refractivity contribution in [3.63, 3.8) is 0 Å². The number of rotatable bonds is 5. The van der Waals surface area contributed by atoms with Gasteiger partial charge in [-0.1, -0.05) is 84.4 Å². The predicted molar refractivity (Wildman–Crippen MR) is 116 cm³/mol. The third kappa shape index (κ3) is 4.47. The van der Waals surface area contributed by atoms with Crippen molar-refractivity contribution in [2.45, 2.75) is 6.92 Å². The third-order valence-corrected chi connectivity index (χ3v) is 4.57. The number of hydrogen-bond acceptors (Lipinski definition) is 3. The van der Waals surface area contributed by atoms with E-state index in [2.05, 4.69) is 32.9 Å². The number of aryl methyl sites for hydroxylation is 1. The fourth-order valence-corrected chi connectivity index (χ4v) is 2.93. The SMILES string of the molecule is Cc1ccc(/C=N/NC(=O)c2cc(-c3ccc(-c4ccccc4)cc3)n[nH]2)cc1. The summed E-state index contributed by atoms with van der Waals surface area (Å²) < 4.78 is 0. The Labute approximate surface area is 169 Å². The van der Waals surface area contributed by atoms with Crippen molar-refractivity contribution in [1.29, 1.82) is 0 Å². The number of carbonyl (C=O) groups is 1. The molecule has 1 heterocycles. The van der Waals surface area contributed by atoms with Crippen molar-refractivity contribution in [2.75, 3.05) is 0 Å². The Balaban J connectivity index is 1.42. The molecule has 29 heavy (non-hydrogen) atoms. The molecule has 142 valence electrons. The van der Waals surface area contributed by atoms with Gasteiger partial charge in [-0.15, -0.1) is 0 Å². The molecule has 0 saturated heterocycles. The second kappa shape index (κ2) is 8.35. The van der Waals surface area contributed by atoms with E-state index >= 15 is 0 Å². The standard InChI is InChI=1S/C24H20N4O/c1-17-7-9-18(10-8-17)16-25-28-24(29)23-15-22(26-27-23)21-13-11-20(12-14-21)19-5-3-2-4-6-19/h2-16H,1H3,(H,26,27)(H,28,29)/b25-16+. The summed E-state index contributed by atoms with van der Waals surface area (Å²) >= 11 is 0. The van der Waals surface area contributed by atoms with Crippen LogP contribution in [0.25, 0.3) is 22.4 Å². The van der Waals surface area contributed by atoms with Crippen LogP contribution in [0.4, 0.5) is 0 Å². The monoisotopic (exact) mass is 380 g/mol. The highest BCUT2D eigenvalue weighted by molar-refractivity contribution is 5.94. The van der Waals surface area contributed by atoms with Gasteiger partial charge in [-0.3, -0.25) is 9.89 Å². The average Bonchev–Trinajstić information content (AvgIpc) is 3.26. The normalized spacial score (nSPS) is 10.9. The highest BCUT2D eigenvalue weighted by Crippen LogP contribution is 2.24. The van der Waals surface area contributed by atoms with E-state index in [1.54, 1.807) is 12.3 Å². The quantitative estimate of drug-likeness (QED) is 0.385. The predicted octanol–water partition coefficient (Wildman–Crippen LogP) is 4.82. The molecule has 0 unspecified atom stereocenters. The topological polar surface area (TPSA) is 70.1 Å². The van der Waals surface area contributed by atoms with Gasteiger partial charge >= 0.3 is 0 Å². The van der Waals surface area contributed by atoms with E-state index in [0.717, 1.165) is 22.3 Å². The molecule has 0 aliphatic heterocycles. The minimum Gasteiger partial charge on any atom is -0.272 e. The molecule has 4 aromatic rings. The van der Waals surface area contributed by atoms with Crippen molar-refractivity contribution in [1.82, 2.24) is 15.6 Å². The highest BCUT2D eigenvalue weighted by atomic mass is 16.2. The van der Waals surface area contributed by atoms with E-state index in [-0.39, 0.29) is 5.91 Å². The van der Waals surface area contributed by atoms with Crippen molar-refractivity contribution in [2.24, 2.45) is 5.10 Å². The first-order valence-corrected chi connectivity index (χ1v) is 9.30. The zero-order valence-electron chi connectivity index (χ0n) is 16.0. The number of benzene rings is 3. The summed E-state index contributed by atoms with van der Waals surface area (Å²) in [5.74, 6) is -0.340. The molecular formula is C24H20N4O. The minimum atomic E-state index is -0.340. The Morgan fingerprint density at radius 3 is 2.28 bits per heavy atom. The van der Waals surface area contributed by atoms with E-state index in [1.807, 2.05) is 73.7 Å². The molecule has 0 aliphatic rings. The van der Waals surface area contributed by atoms with Crippen molar-refractivity contribution >= 4 is 12.1 Å². The maximum Gasteiger partial charge on any atom is 0.289 e. The smallest absolute Gasteiger partial charge is 0.272 e. The first kappa shape index (κ1) is 18.4. The molecular weight excluding hydrogens is 360 g/mol. The molecule has 0 spiro atoms. The van der Waals surface area contributed by atoms with E-state index in [1.165, 1.54) is 5.56 Å². The highest BCUT2D eigenvalue weighted by Gasteiger charge is 2.10. The van der Waals surface area contributed by atoms with Crippen LogP contribution in [0.2, 0.25) is 0 Å². The van der Waals surface area contributed by atoms with E-state index in [4.69, 9.17) is 0 Å². The average molecular weight is 380 g/mol. The molecule has 1 amide bonds. The second-order valence-corrected chi connectivity index (χ2v) is 6.72. The Hall–Kier alpha value is -3.99. The van der Waals surface area contributed by atoms with Crippen LogP contribution in [-0.2, 0) is 0 Å². The van der Waals surface area contributed by atoms with Crippen LogP contribution in [0.5, 0.6) is 0 Å². The Bertz CT molecular complexity index is 1130. The zero-order chi connectivity index (χ0) is 20.1. The van der Waals surface area contributed by atoms with Gasteiger partial charge in [-0.2, -0.15) is 10.2 Å². The molecule has 0 aliphatic carbocycles. The first-order chi connectivity index (χ1) is 14.2. The summed E-state index contributed by atoms with van der Waals surface area (Å²) in [6.45, 7) is 2.02. The first-order valence-electron chi connectivity index (χ1n) is 9.30. The minimum absolute atomic E-state index is 0.340. The fourth-order valence-electron chi connectivity index (χ4n) is 2.93. The zero-order valence-corrected chi connectivity index (χ0v) is 16.0. The van der Waals surface area contributed by atoms with Gasteiger partial charge in [-0.05, 0) is 29.7 Å². The number of nitrogens with zero attached hydrogens (tertiary/aromatic N) is 2. The molecule has 4 rings (SSSR count). The van der Waals surface area contributed by atoms with Crippen LogP contribution in [0.3, 0.4) is 0 Å². The summed E-state index contributed by atoms with van der Waals surface area (Å²) in [4.78, 5) is 12.3. The number of hydrogen-bond donors (Lipinski definition) is 2. The number of aromatic nitrogens is 2. The largest absolute Gasteiger partial charge is 0.289 e. The Morgan fingerprint density at radius 1 is 0.897 bits per heavy atom. The van der Waals surface area contributed by atoms with Gasteiger partial charge in [0.05, 0.1) is 11.9 Å². The Kier molecular flexibility index (Phi) is 5.29. The number of hydrazone groups is 1. The van der Waals surface area contributed by atoms with Crippen LogP contribution in [0.15, 0.2) is 90.0 Å². The van der Waals surface area contributed by atoms with Gasteiger partial charge in [0.25, 0.3) is 5.91 Å². The maximum atomic E-state index is 12.3. The fraction of sp³-hybridized carbons (Fsp3) is 0.0417. The molecule has 5 nitrogen and oxygen atoms in total. The van der Waals surface area contributed by atoms with Gasteiger partial charge in [-0.25, -0.2) is 5.43 Å².